The van der Waals surface area contributed by atoms with Gasteiger partial charge in [-0.3, -0.25) is 0 Å². The summed E-state index contributed by atoms with van der Waals surface area (Å²) in [6, 6.07) is 12.4. The van der Waals surface area contributed by atoms with Crippen molar-refractivity contribution in [3.05, 3.63) is 48.3 Å². The Morgan fingerprint density at radius 2 is 2.00 bits per heavy atom. The second kappa shape index (κ2) is 5.30. The minimum absolute atomic E-state index is 0.0827. The standard InChI is InChI=1S/C18H23N3/c19-17(12-15-11-13-6-7-14(15)10-13)18-8-9-21(20-18)16-4-2-1-3-5-16/h1-5,8-9,13-15,17H,6-7,10-12,19H2. The summed E-state index contributed by atoms with van der Waals surface area (Å²) in [4.78, 5) is 0. The van der Waals surface area contributed by atoms with Crippen molar-refractivity contribution in [1.82, 2.24) is 9.78 Å². The highest BCUT2D eigenvalue weighted by Gasteiger charge is 2.40. The number of hydrogen-bond acceptors (Lipinski definition) is 2. The molecule has 2 aliphatic rings. The van der Waals surface area contributed by atoms with Gasteiger partial charge < -0.3 is 5.73 Å². The van der Waals surface area contributed by atoms with Gasteiger partial charge in [-0.25, -0.2) is 4.68 Å². The molecule has 1 aromatic heterocycles. The molecule has 4 unspecified atom stereocenters. The van der Waals surface area contributed by atoms with Gasteiger partial charge in [0.1, 0.15) is 0 Å². The molecule has 110 valence electrons. The SMILES string of the molecule is NC(CC1CC2CCC1C2)c1ccn(-c2ccccc2)n1. The van der Waals surface area contributed by atoms with E-state index < -0.39 is 0 Å². The number of nitrogens with zero attached hydrogens (tertiary/aromatic N) is 2. The molecule has 2 aliphatic carbocycles. The van der Waals surface area contributed by atoms with Gasteiger partial charge in [0, 0.05) is 12.2 Å². The Morgan fingerprint density at radius 1 is 1.14 bits per heavy atom. The minimum Gasteiger partial charge on any atom is -0.323 e. The second-order valence-corrected chi connectivity index (χ2v) is 6.80. The fraction of sp³-hybridized carbons (Fsp3) is 0.500. The van der Waals surface area contributed by atoms with Gasteiger partial charge in [0.2, 0.25) is 0 Å². The zero-order valence-corrected chi connectivity index (χ0v) is 12.4. The fourth-order valence-corrected chi connectivity index (χ4v) is 4.37. The molecule has 0 saturated heterocycles. The lowest BCUT2D eigenvalue weighted by atomic mass is 9.84. The summed E-state index contributed by atoms with van der Waals surface area (Å²) >= 11 is 0. The summed E-state index contributed by atoms with van der Waals surface area (Å²) in [5.41, 5.74) is 8.54. The molecule has 2 N–H and O–H groups in total. The van der Waals surface area contributed by atoms with Crippen molar-refractivity contribution in [1.29, 1.82) is 0 Å². The number of aromatic nitrogens is 2. The van der Waals surface area contributed by atoms with Crippen LogP contribution >= 0.6 is 0 Å². The maximum Gasteiger partial charge on any atom is 0.0796 e. The van der Waals surface area contributed by atoms with Gasteiger partial charge in [-0.2, -0.15) is 5.10 Å². The van der Waals surface area contributed by atoms with Gasteiger partial charge in [0.05, 0.1) is 11.4 Å². The third-order valence-electron chi connectivity index (χ3n) is 5.45. The summed E-state index contributed by atoms with van der Waals surface area (Å²) in [5.74, 6) is 2.77. The van der Waals surface area contributed by atoms with Crippen molar-refractivity contribution < 1.29 is 0 Å². The van der Waals surface area contributed by atoms with E-state index in [-0.39, 0.29) is 6.04 Å². The van der Waals surface area contributed by atoms with Crippen LogP contribution in [0.3, 0.4) is 0 Å². The van der Waals surface area contributed by atoms with E-state index in [4.69, 9.17) is 5.73 Å². The average molecular weight is 281 g/mol. The van der Waals surface area contributed by atoms with E-state index in [0.29, 0.717) is 0 Å². The van der Waals surface area contributed by atoms with Crippen molar-refractivity contribution in [3.8, 4) is 5.69 Å². The van der Waals surface area contributed by atoms with Gasteiger partial charge in [0.15, 0.2) is 0 Å². The molecule has 21 heavy (non-hydrogen) atoms. The molecule has 3 heteroatoms. The summed E-state index contributed by atoms with van der Waals surface area (Å²) in [6.45, 7) is 0. The molecule has 2 fully saturated rings. The quantitative estimate of drug-likeness (QED) is 0.928. The van der Waals surface area contributed by atoms with E-state index in [9.17, 15) is 0 Å². The molecule has 2 bridgehead atoms. The predicted molar refractivity (Wildman–Crippen MR) is 84.0 cm³/mol. The summed E-state index contributed by atoms with van der Waals surface area (Å²) in [6.07, 6.45) is 8.87. The topological polar surface area (TPSA) is 43.8 Å². The third kappa shape index (κ3) is 2.51. The lowest BCUT2D eigenvalue weighted by Gasteiger charge is -2.23. The summed E-state index contributed by atoms with van der Waals surface area (Å²) in [7, 11) is 0. The molecule has 0 spiro atoms. The first-order valence-electron chi connectivity index (χ1n) is 8.16. The molecule has 0 amide bonds. The van der Waals surface area contributed by atoms with Crippen LogP contribution in [-0.2, 0) is 0 Å². The van der Waals surface area contributed by atoms with Crippen molar-refractivity contribution >= 4 is 0 Å². The molecule has 4 atom stereocenters. The van der Waals surface area contributed by atoms with Crippen LogP contribution < -0.4 is 5.73 Å². The van der Waals surface area contributed by atoms with Crippen LogP contribution in [0.2, 0.25) is 0 Å². The average Bonchev–Trinajstić information content (AvgIpc) is 3.24. The van der Waals surface area contributed by atoms with Crippen molar-refractivity contribution in [2.45, 2.75) is 38.1 Å². The van der Waals surface area contributed by atoms with Crippen molar-refractivity contribution in [3.63, 3.8) is 0 Å². The largest absolute Gasteiger partial charge is 0.323 e. The third-order valence-corrected chi connectivity index (χ3v) is 5.45. The Balaban J connectivity index is 1.45. The number of para-hydroxylation sites is 1. The molecule has 2 aromatic rings. The van der Waals surface area contributed by atoms with Crippen molar-refractivity contribution in [2.24, 2.45) is 23.5 Å². The van der Waals surface area contributed by atoms with Crippen LogP contribution in [0.4, 0.5) is 0 Å². The maximum atomic E-state index is 6.42. The molecule has 3 nitrogen and oxygen atoms in total. The van der Waals surface area contributed by atoms with Gasteiger partial charge in [-0.1, -0.05) is 24.6 Å². The number of hydrogen-bond donors (Lipinski definition) is 1. The van der Waals surface area contributed by atoms with E-state index in [1.807, 2.05) is 29.1 Å². The Bertz CT molecular complexity index is 604. The van der Waals surface area contributed by atoms with Crippen LogP contribution in [0.5, 0.6) is 0 Å². The number of rotatable bonds is 4. The predicted octanol–water partition coefficient (Wildman–Crippen LogP) is 3.70. The molecule has 4 rings (SSSR count). The molecule has 0 radical (unpaired) electrons. The van der Waals surface area contributed by atoms with Crippen LogP contribution in [0.1, 0.15) is 43.8 Å². The number of fused-ring (bicyclic) bond motifs is 2. The Morgan fingerprint density at radius 3 is 2.71 bits per heavy atom. The molecule has 1 heterocycles. The smallest absolute Gasteiger partial charge is 0.0796 e. The second-order valence-electron chi connectivity index (χ2n) is 6.80. The first-order valence-corrected chi connectivity index (χ1v) is 8.16. The van der Waals surface area contributed by atoms with Gasteiger partial charge >= 0.3 is 0 Å². The highest BCUT2D eigenvalue weighted by atomic mass is 15.3. The zero-order valence-electron chi connectivity index (χ0n) is 12.4. The normalized spacial score (nSPS) is 28.9. The van der Waals surface area contributed by atoms with Crippen LogP contribution in [0.15, 0.2) is 42.6 Å². The maximum absolute atomic E-state index is 6.42. The van der Waals surface area contributed by atoms with E-state index >= 15 is 0 Å². The van der Waals surface area contributed by atoms with Gasteiger partial charge in [-0.15, -0.1) is 0 Å². The van der Waals surface area contributed by atoms with Crippen molar-refractivity contribution in [2.75, 3.05) is 0 Å². The highest BCUT2D eigenvalue weighted by molar-refractivity contribution is 5.30. The van der Waals surface area contributed by atoms with Gasteiger partial charge in [0.25, 0.3) is 0 Å². The lowest BCUT2D eigenvalue weighted by molar-refractivity contribution is 0.294. The summed E-state index contributed by atoms with van der Waals surface area (Å²) in [5, 5.41) is 4.68. The molecule has 0 aliphatic heterocycles. The van der Waals surface area contributed by atoms with Crippen LogP contribution in [-0.4, -0.2) is 9.78 Å². The fourth-order valence-electron chi connectivity index (χ4n) is 4.37. The first-order chi connectivity index (χ1) is 10.3. The highest BCUT2D eigenvalue weighted by Crippen LogP contribution is 2.50. The molecular formula is C18H23N3. The molecular weight excluding hydrogens is 258 g/mol. The number of benzene rings is 1. The van der Waals surface area contributed by atoms with E-state index in [1.165, 1.54) is 25.7 Å². The first kappa shape index (κ1) is 13.1. The van der Waals surface area contributed by atoms with E-state index in [1.54, 1.807) is 0 Å². The van der Waals surface area contributed by atoms with E-state index in [0.717, 1.165) is 35.6 Å². The Hall–Kier alpha value is -1.61. The Labute approximate surface area is 126 Å². The van der Waals surface area contributed by atoms with Gasteiger partial charge in [-0.05, 0) is 61.6 Å². The van der Waals surface area contributed by atoms with E-state index in [2.05, 4.69) is 23.3 Å². The summed E-state index contributed by atoms with van der Waals surface area (Å²) < 4.78 is 1.93. The zero-order chi connectivity index (χ0) is 14.2. The minimum atomic E-state index is 0.0827. The van der Waals surface area contributed by atoms with Crippen LogP contribution in [0.25, 0.3) is 5.69 Å². The monoisotopic (exact) mass is 281 g/mol. The molecule has 2 saturated carbocycles. The van der Waals surface area contributed by atoms with Crippen LogP contribution in [0, 0.1) is 17.8 Å². The number of nitrogens with two attached hydrogens (primary N) is 1. The lowest BCUT2D eigenvalue weighted by Crippen LogP contribution is -2.20. The molecule has 1 aromatic carbocycles. The Kier molecular flexibility index (Phi) is 3.30.